The minimum Gasteiger partial charge on any atom is -0.396 e. The van der Waals surface area contributed by atoms with Crippen molar-refractivity contribution in [1.82, 2.24) is 0 Å². The summed E-state index contributed by atoms with van der Waals surface area (Å²) in [5, 5.41) is 8.24. The van der Waals surface area contributed by atoms with Crippen molar-refractivity contribution in [2.24, 2.45) is 0 Å². The Hall–Kier alpha value is 0.600. The van der Waals surface area contributed by atoms with Gasteiger partial charge in [0, 0.05) is 5.75 Å². The van der Waals surface area contributed by atoms with Gasteiger partial charge in [-0.15, -0.1) is 23.4 Å². The third-order valence-electron chi connectivity index (χ3n) is 0.439. The zero-order valence-electron chi connectivity index (χ0n) is 4.22. The van der Waals surface area contributed by atoms with Gasteiger partial charge in [-0.3, -0.25) is 0 Å². The molecule has 0 aromatic carbocycles. The van der Waals surface area contributed by atoms with Crippen LogP contribution < -0.4 is 0 Å². The lowest BCUT2D eigenvalue weighted by atomic mass is 10.9. The minimum absolute atomic E-state index is 0.132. The Kier molecular flexibility index (Phi) is 5.16. The molecule has 0 aromatic heterocycles. The summed E-state index contributed by atoms with van der Waals surface area (Å²) in [5.74, 6) is 0.741. The molecular weight excluding hydrogens is 132 g/mol. The highest BCUT2D eigenvalue weighted by atomic mass is 35.5. The summed E-state index contributed by atoms with van der Waals surface area (Å²) >= 11 is 7.06. The maximum Gasteiger partial charge on any atom is 0.0761 e. The molecule has 0 aliphatic carbocycles. The maximum absolute atomic E-state index is 8.24. The van der Waals surface area contributed by atoms with E-state index in [0.29, 0.717) is 0 Å². The van der Waals surface area contributed by atoms with Crippen LogP contribution >= 0.6 is 23.4 Å². The van der Waals surface area contributed by atoms with E-state index in [9.17, 15) is 0 Å². The largest absolute Gasteiger partial charge is 0.396 e. The Morgan fingerprint density at radius 3 is 2.57 bits per heavy atom. The number of hydrogen-bond donors (Lipinski definition) is 1. The van der Waals surface area contributed by atoms with Gasteiger partial charge in [0.05, 0.1) is 11.3 Å². The lowest BCUT2D eigenvalue weighted by molar-refractivity contribution is 0.322. The van der Waals surface area contributed by atoms with Crippen LogP contribution in [0, 0.1) is 0 Å². The van der Waals surface area contributed by atoms with E-state index in [1.54, 1.807) is 11.8 Å². The Balaban J connectivity index is 2.68. The Morgan fingerprint density at radius 1 is 1.86 bits per heavy atom. The molecule has 0 rings (SSSR count). The maximum atomic E-state index is 8.24. The van der Waals surface area contributed by atoms with E-state index in [4.69, 9.17) is 16.7 Å². The molecule has 0 aliphatic heterocycles. The smallest absolute Gasteiger partial charge is 0.0761 e. The Labute approximate surface area is 53.1 Å². The van der Waals surface area contributed by atoms with Crippen molar-refractivity contribution in [1.29, 1.82) is 0 Å². The third kappa shape index (κ3) is 6.60. The summed E-state index contributed by atoms with van der Waals surface area (Å²) in [5.41, 5.74) is 0. The first-order valence-corrected chi connectivity index (χ1v) is 3.62. The fraction of sp³-hybridized carbons (Fsp3) is 1.00. The van der Waals surface area contributed by atoms with Gasteiger partial charge in [0.2, 0.25) is 0 Å². The summed E-state index contributed by atoms with van der Waals surface area (Å²) < 4.78 is 0.132. The molecule has 0 aromatic rings. The predicted octanol–water partition coefficient (Wildman–Crippen LogP) is 1.30. The van der Waals surface area contributed by atoms with E-state index < -0.39 is 0 Å². The molecule has 0 aliphatic rings. The van der Waals surface area contributed by atoms with Crippen LogP contribution in [0.5, 0.6) is 0 Å². The predicted molar refractivity (Wildman–Crippen MR) is 34.9 cm³/mol. The number of alkyl halides is 1. The molecule has 1 atom stereocenters. The number of halogens is 1. The molecule has 0 fully saturated rings. The van der Waals surface area contributed by atoms with Gasteiger partial charge in [0.25, 0.3) is 0 Å². The number of hydrogen-bond acceptors (Lipinski definition) is 2. The van der Waals surface area contributed by atoms with E-state index >= 15 is 0 Å². The van der Waals surface area contributed by atoms with Crippen LogP contribution in [0.25, 0.3) is 0 Å². The molecule has 1 N–H and O–H groups in total. The molecule has 0 heterocycles. The molecule has 7 heavy (non-hydrogen) atoms. The quantitative estimate of drug-likeness (QED) is 0.597. The fourth-order valence-electron chi connectivity index (χ4n) is 0.215. The van der Waals surface area contributed by atoms with Crippen molar-refractivity contribution >= 4 is 23.4 Å². The van der Waals surface area contributed by atoms with Crippen molar-refractivity contribution in [2.45, 2.75) is 11.6 Å². The zero-order valence-corrected chi connectivity index (χ0v) is 5.80. The molecular formula is C4H9ClOS. The molecule has 0 spiro atoms. The second kappa shape index (κ2) is 4.75. The third-order valence-corrected chi connectivity index (χ3v) is 1.69. The highest BCUT2D eigenvalue weighted by molar-refractivity contribution is 8.01. The van der Waals surface area contributed by atoms with E-state index in [1.807, 2.05) is 6.92 Å². The Morgan fingerprint density at radius 2 is 2.43 bits per heavy atom. The van der Waals surface area contributed by atoms with Gasteiger partial charge in [0.15, 0.2) is 0 Å². The van der Waals surface area contributed by atoms with Gasteiger partial charge < -0.3 is 5.11 Å². The molecule has 0 bridgehead atoms. The van der Waals surface area contributed by atoms with Gasteiger partial charge in [-0.25, -0.2) is 0 Å². The summed E-state index contributed by atoms with van der Waals surface area (Å²) in [7, 11) is 0. The van der Waals surface area contributed by atoms with Gasteiger partial charge in [-0.1, -0.05) is 0 Å². The molecule has 0 amide bonds. The average Bonchev–Trinajstić information content (AvgIpc) is 1.61. The lowest BCUT2D eigenvalue weighted by Gasteiger charge is -1.96. The Bertz CT molecular complexity index is 40.7. The summed E-state index contributed by atoms with van der Waals surface area (Å²) in [6.07, 6.45) is 0. The van der Waals surface area contributed by atoms with Crippen LogP contribution in [0.15, 0.2) is 0 Å². The average molecular weight is 141 g/mol. The molecule has 1 unspecified atom stereocenters. The monoisotopic (exact) mass is 140 g/mol. The minimum atomic E-state index is 0.132. The molecule has 0 radical (unpaired) electrons. The van der Waals surface area contributed by atoms with E-state index in [1.165, 1.54) is 0 Å². The van der Waals surface area contributed by atoms with E-state index in [2.05, 4.69) is 0 Å². The summed E-state index contributed by atoms with van der Waals surface area (Å²) in [4.78, 5) is 0. The van der Waals surface area contributed by atoms with Crippen LogP contribution in [0.2, 0.25) is 0 Å². The van der Waals surface area contributed by atoms with Crippen molar-refractivity contribution in [3.63, 3.8) is 0 Å². The van der Waals surface area contributed by atoms with Crippen LogP contribution in [0.1, 0.15) is 6.92 Å². The zero-order chi connectivity index (χ0) is 5.70. The summed E-state index contributed by atoms with van der Waals surface area (Å²) in [6.45, 7) is 2.11. The standard InChI is InChI=1S/C4H9ClOS/c1-4(5)7-3-2-6/h4,6H,2-3H2,1H3. The topological polar surface area (TPSA) is 20.2 Å². The van der Waals surface area contributed by atoms with Crippen molar-refractivity contribution < 1.29 is 5.11 Å². The number of aliphatic hydroxyl groups is 1. The van der Waals surface area contributed by atoms with Crippen LogP contribution in [0.3, 0.4) is 0 Å². The number of aliphatic hydroxyl groups excluding tert-OH is 1. The first-order valence-electron chi connectivity index (χ1n) is 2.14. The van der Waals surface area contributed by atoms with Crippen molar-refractivity contribution in [3.05, 3.63) is 0 Å². The first kappa shape index (κ1) is 7.60. The van der Waals surface area contributed by atoms with E-state index in [-0.39, 0.29) is 11.3 Å². The fourth-order valence-corrected chi connectivity index (χ4v) is 0.913. The van der Waals surface area contributed by atoms with Gasteiger partial charge >= 0.3 is 0 Å². The van der Waals surface area contributed by atoms with Crippen LogP contribution in [-0.4, -0.2) is 22.2 Å². The highest BCUT2D eigenvalue weighted by Crippen LogP contribution is 2.11. The molecule has 0 saturated heterocycles. The van der Waals surface area contributed by atoms with Gasteiger partial charge in [-0.05, 0) is 6.92 Å². The van der Waals surface area contributed by atoms with Crippen molar-refractivity contribution in [3.8, 4) is 0 Å². The molecule has 44 valence electrons. The summed E-state index contributed by atoms with van der Waals surface area (Å²) in [6, 6.07) is 0. The normalized spacial score (nSPS) is 14.1. The van der Waals surface area contributed by atoms with Gasteiger partial charge in [-0.2, -0.15) is 0 Å². The molecule has 0 saturated carbocycles. The van der Waals surface area contributed by atoms with E-state index in [0.717, 1.165) is 5.75 Å². The van der Waals surface area contributed by atoms with Gasteiger partial charge in [0.1, 0.15) is 0 Å². The second-order valence-corrected chi connectivity index (χ2v) is 3.50. The van der Waals surface area contributed by atoms with Crippen LogP contribution in [0.4, 0.5) is 0 Å². The highest BCUT2D eigenvalue weighted by Gasteiger charge is 1.91. The second-order valence-electron chi connectivity index (χ2n) is 1.14. The molecule has 3 heteroatoms. The SMILES string of the molecule is CC(Cl)SCCO. The first-order chi connectivity index (χ1) is 3.27. The van der Waals surface area contributed by atoms with Crippen molar-refractivity contribution in [2.75, 3.05) is 12.4 Å². The molecule has 1 nitrogen and oxygen atoms in total. The number of rotatable bonds is 3. The lowest BCUT2D eigenvalue weighted by Crippen LogP contribution is -1.90. The van der Waals surface area contributed by atoms with Crippen LogP contribution in [-0.2, 0) is 0 Å². The number of thioether (sulfide) groups is 1.